The van der Waals surface area contributed by atoms with E-state index in [1.165, 1.54) is 11.0 Å². The number of nitrogens with zero attached hydrogens (tertiary/aromatic N) is 2. The Morgan fingerprint density at radius 3 is 2.77 bits per heavy atom. The van der Waals surface area contributed by atoms with E-state index in [-0.39, 0.29) is 28.9 Å². The maximum Gasteiger partial charge on any atom is 0.267 e. The van der Waals surface area contributed by atoms with E-state index in [0.717, 1.165) is 6.07 Å². The highest BCUT2D eigenvalue weighted by Gasteiger charge is 2.48. The van der Waals surface area contributed by atoms with Crippen molar-refractivity contribution in [3.05, 3.63) is 29.1 Å². The van der Waals surface area contributed by atoms with Gasteiger partial charge in [0.25, 0.3) is 5.92 Å². The van der Waals surface area contributed by atoms with E-state index in [4.69, 9.17) is 5.73 Å². The average molecular weight is 311 g/mol. The Morgan fingerprint density at radius 1 is 1.45 bits per heavy atom. The summed E-state index contributed by atoms with van der Waals surface area (Å²) in [6, 6.07) is 1.77. The van der Waals surface area contributed by atoms with Crippen LogP contribution in [0.25, 0.3) is 0 Å². The molecule has 1 aromatic carbocycles. The van der Waals surface area contributed by atoms with Gasteiger partial charge in [-0.05, 0) is 6.07 Å². The zero-order valence-electron chi connectivity index (χ0n) is 12.2. The Balaban J connectivity index is 2.12. The highest BCUT2D eigenvalue weighted by Crippen LogP contribution is 2.46. The lowest BCUT2D eigenvalue weighted by atomic mass is 9.93. The molecule has 0 spiro atoms. The SMILES string of the molecule is CC(C)C(=O)c1cc2c(cc1F)N=C(N)N1CC(F)(F)CC21. The van der Waals surface area contributed by atoms with Gasteiger partial charge in [-0.1, -0.05) is 13.8 Å². The topological polar surface area (TPSA) is 58.7 Å². The average Bonchev–Trinajstić information content (AvgIpc) is 2.74. The fourth-order valence-corrected chi connectivity index (χ4v) is 2.97. The Labute approximate surface area is 125 Å². The monoisotopic (exact) mass is 311 g/mol. The maximum atomic E-state index is 14.1. The van der Waals surface area contributed by atoms with Gasteiger partial charge in [0.15, 0.2) is 11.7 Å². The van der Waals surface area contributed by atoms with Crippen LogP contribution < -0.4 is 5.73 Å². The summed E-state index contributed by atoms with van der Waals surface area (Å²) < 4.78 is 41.5. The lowest BCUT2D eigenvalue weighted by Crippen LogP contribution is -2.40. The van der Waals surface area contributed by atoms with Crippen molar-refractivity contribution in [2.45, 2.75) is 32.2 Å². The number of hydrogen-bond acceptors (Lipinski definition) is 4. The number of halogens is 3. The van der Waals surface area contributed by atoms with Gasteiger partial charge in [0, 0.05) is 24.0 Å². The predicted molar refractivity (Wildman–Crippen MR) is 75.9 cm³/mol. The van der Waals surface area contributed by atoms with Gasteiger partial charge in [0.2, 0.25) is 0 Å². The minimum absolute atomic E-state index is 0.0444. The van der Waals surface area contributed by atoms with Crippen molar-refractivity contribution in [1.29, 1.82) is 0 Å². The molecule has 0 radical (unpaired) electrons. The lowest BCUT2D eigenvalue weighted by molar-refractivity contribution is 0.0165. The number of carbonyl (C=O) groups is 1. The summed E-state index contributed by atoms with van der Waals surface area (Å²) in [5.74, 6) is -4.38. The van der Waals surface area contributed by atoms with Gasteiger partial charge in [-0.25, -0.2) is 18.2 Å². The third-order valence-electron chi connectivity index (χ3n) is 4.06. The van der Waals surface area contributed by atoms with Crippen molar-refractivity contribution in [3.63, 3.8) is 0 Å². The van der Waals surface area contributed by atoms with Crippen molar-refractivity contribution in [2.24, 2.45) is 16.6 Å². The molecule has 0 aliphatic carbocycles. The van der Waals surface area contributed by atoms with Gasteiger partial charge in [0.05, 0.1) is 23.8 Å². The van der Waals surface area contributed by atoms with Crippen LogP contribution in [0.15, 0.2) is 17.1 Å². The van der Waals surface area contributed by atoms with Crippen LogP contribution >= 0.6 is 0 Å². The normalized spacial score (nSPS) is 22.4. The first-order valence-corrected chi connectivity index (χ1v) is 7.06. The van der Waals surface area contributed by atoms with Crippen molar-refractivity contribution >= 4 is 17.4 Å². The number of alkyl halides is 2. The number of carbonyl (C=O) groups excluding carboxylic acids is 1. The van der Waals surface area contributed by atoms with E-state index >= 15 is 0 Å². The van der Waals surface area contributed by atoms with Gasteiger partial charge in [0.1, 0.15) is 5.82 Å². The van der Waals surface area contributed by atoms with E-state index in [1.54, 1.807) is 13.8 Å². The largest absolute Gasteiger partial charge is 0.369 e. The standard InChI is InChI=1S/C15H16F3N3O/c1-7(2)13(22)8-3-9-11(4-10(8)16)20-14(19)21-6-15(17,18)5-12(9)21/h3-4,7,12H,5-6H2,1-2H3,(H2,19,20). The molecular weight excluding hydrogens is 295 g/mol. The number of rotatable bonds is 2. The Hall–Kier alpha value is -2.05. The number of ketones is 1. The lowest BCUT2D eigenvalue weighted by Gasteiger charge is -2.30. The highest BCUT2D eigenvalue weighted by atomic mass is 19.3. The molecule has 2 heterocycles. The van der Waals surface area contributed by atoms with Crippen LogP contribution in [0.5, 0.6) is 0 Å². The number of hydrogen-bond donors (Lipinski definition) is 1. The van der Waals surface area contributed by atoms with Crippen LogP contribution in [0, 0.1) is 11.7 Å². The number of Topliss-reactive ketones (excluding diaryl/α,β-unsaturated/α-hetero) is 1. The zero-order chi connectivity index (χ0) is 16.2. The number of aliphatic imine (C=N–C) groups is 1. The molecule has 3 rings (SSSR count). The van der Waals surface area contributed by atoms with Crippen LogP contribution in [-0.2, 0) is 0 Å². The van der Waals surface area contributed by atoms with E-state index in [9.17, 15) is 18.0 Å². The van der Waals surface area contributed by atoms with Crippen molar-refractivity contribution in [2.75, 3.05) is 6.54 Å². The molecule has 2 aliphatic heterocycles. The van der Waals surface area contributed by atoms with Gasteiger partial charge in [-0.3, -0.25) is 4.79 Å². The molecule has 1 atom stereocenters. The van der Waals surface area contributed by atoms with Crippen LogP contribution in [0.4, 0.5) is 18.9 Å². The predicted octanol–water partition coefficient (Wildman–Crippen LogP) is 3.01. The fraction of sp³-hybridized carbons (Fsp3) is 0.467. The molecule has 4 nitrogen and oxygen atoms in total. The van der Waals surface area contributed by atoms with Gasteiger partial charge in [-0.15, -0.1) is 0 Å². The summed E-state index contributed by atoms with van der Waals surface area (Å²) >= 11 is 0. The van der Waals surface area contributed by atoms with Crippen molar-refractivity contribution < 1.29 is 18.0 Å². The molecule has 22 heavy (non-hydrogen) atoms. The second-order valence-corrected chi connectivity index (χ2v) is 6.08. The quantitative estimate of drug-likeness (QED) is 0.854. The van der Waals surface area contributed by atoms with Crippen LogP contribution in [0.3, 0.4) is 0 Å². The summed E-state index contributed by atoms with van der Waals surface area (Å²) in [5, 5.41) is 0. The molecule has 1 unspecified atom stereocenters. The molecule has 2 N–H and O–H groups in total. The Bertz CT molecular complexity index is 685. The second kappa shape index (κ2) is 4.72. The first-order chi connectivity index (χ1) is 10.2. The molecule has 2 aliphatic rings. The van der Waals surface area contributed by atoms with E-state index in [1.807, 2.05) is 0 Å². The summed E-state index contributed by atoms with van der Waals surface area (Å²) in [6.45, 7) is 2.80. The van der Waals surface area contributed by atoms with E-state index in [0.29, 0.717) is 5.56 Å². The van der Waals surface area contributed by atoms with E-state index < -0.39 is 30.7 Å². The number of nitrogens with two attached hydrogens (primary N) is 1. The van der Waals surface area contributed by atoms with Gasteiger partial charge in [-0.2, -0.15) is 0 Å². The Morgan fingerprint density at radius 2 is 2.14 bits per heavy atom. The highest BCUT2D eigenvalue weighted by molar-refractivity contribution is 5.98. The molecule has 7 heteroatoms. The molecule has 0 bridgehead atoms. The Kier molecular flexibility index (Phi) is 3.19. The molecule has 1 saturated heterocycles. The summed E-state index contributed by atoms with van der Waals surface area (Å²) in [6.07, 6.45) is -0.419. The first-order valence-electron chi connectivity index (χ1n) is 7.06. The van der Waals surface area contributed by atoms with Crippen LogP contribution in [-0.4, -0.2) is 29.1 Å². The number of guanidine groups is 1. The molecule has 1 fully saturated rings. The molecule has 118 valence electrons. The smallest absolute Gasteiger partial charge is 0.267 e. The van der Waals surface area contributed by atoms with Gasteiger partial charge < -0.3 is 10.6 Å². The minimum atomic E-state index is -2.89. The minimum Gasteiger partial charge on any atom is -0.369 e. The molecular formula is C15H16F3N3O. The van der Waals surface area contributed by atoms with Crippen molar-refractivity contribution in [1.82, 2.24) is 4.90 Å². The third-order valence-corrected chi connectivity index (χ3v) is 4.06. The van der Waals surface area contributed by atoms with Gasteiger partial charge >= 0.3 is 0 Å². The first kappa shape index (κ1) is 14.9. The summed E-state index contributed by atoms with van der Waals surface area (Å²) in [7, 11) is 0. The fourth-order valence-electron chi connectivity index (χ4n) is 2.97. The molecule has 0 aromatic heterocycles. The zero-order valence-corrected chi connectivity index (χ0v) is 12.2. The summed E-state index contributed by atoms with van der Waals surface area (Å²) in [5.41, 5.74) is 6.27. The molecule has 1 aromatic rings. The summed E-state index contributed by atoms with van der Waals surface area (Å²) in [4.78, 5) is 17.4. The van der Waals surface area contributed by atoms with Crippen LogP contribution in [0.1, 0.15) is 42.2 Å². The van der Waals surface area contributed by atoms with Crippen LogP contribution in [0.2, 0.25) is 0 Å². The number of benzene rings is 1. The maximum absolute atomic E-state index is 14.1. The third kappa shape index (κ3) is 2.24. The molecule has 0 amide bonds. The second-order valence-electron chi connectivity index (χ2n) is 6.08. The number of fused-ring (bicyclic) bond motifs is 3. The van der Waals surface area contributed by atoms with Crippen molar-refractivity contribution in [3.8, 4) is 0 Å². The van der Waals surface area contributed by atoms with E-state index in [2.05, 4.69) is 4.99 Å². The molecule has 0 saturated carbocycles.